The molecule has 2 aliphatic rings. The van der Waals surface area contributed by atoms with E-state index in [-0.39, 0.29) is 18.1 Å². The Labute approximate surface area is 151 Å². The molecule has 136 valence electrons. The summed E-state index contributed by atoms with van der Waals surface area (Å²) in [4.78, 5) is 16.1. The maximum Gasteiger partial charge on any atom is 0.416 e. The van der Waals surface area contributed by atoms with E-state index in [0.29, 0.717) is 22.9 Å². The van der Waals surface area contributed by atoms with Crippen LogP contribution in [0.5, 0.6) is 0 Å². The minimum Gasteiger partial charge on any atom is -0.348 e. The molecular weight excluding hydrogens is 368 g/mol. The van der Waals surface area contributed by atoms with E-state index < -0.39 is 23.6 Å². The van der Waals surface area contributed by atoms with Crippen molar-refractivity contribution < 1.29 is 22.4 Å². The van der Waals surface area contributed by atoms with Crippen molar-refractivity contribution in [2.45, 2.75) is 18.8 Å². The summed E-state index contributed by atoms with van der Waals surface area (Å²) >= 11 is 1.56. The van der Waals surface area contributed by atoms with E-state index in [1.807, 2.05) is 4.90 Å². The lowest BCUT2D eigenvalue weighted by molar-refractivity contribution is -0.137. The third-order valence-electron chi connectivity index (χ3n) is 4.57. The van der Waals surface area contributed by atoms with E-state index in [0.717, 1.165) is 12.1 Å². The summed E-state index contributed by atoms with van der Waals surface area (Å²) in [5.74, 6) is 0.432. The predicted molar refractivity (Wildman–Crippen MR) is 92.6 cm³/mol. The number of carbonyl (C=O) groups excluding carboxylic acids is 1. The van der Waals surface area contributed by atoms with Gasteiger partial charge in [-0.15, -0.1) is 11.8 Å². The highest BCUT2D eigenvalue weighted by Crippen LogP contribution is 2.44. The van der Waals surface area contributed by atoms with Crippen molar-refractivity contribution in [3.05, 3.63) is 59.4 Å². The number of benzene rings is 2. The molecule has 1 atom stereocenters. The summed E-state index contributed by atoms with van der Waals surface area (Å²) < 4.78 is 53.0. The van der Waals surface area contributed by atoms with E-state index in [9.17, 15) is 22.4 Å². The number of carbonyl (C=O) groups is 1. The van der Waals surface area contributed by atoms with Crippen LogP contribution in [0.2, 0.25) is 0 Å². The van der Waals surface area contributed by atoms with Crippen LogP contribution in [0.1, 0.15) is 11.1 Å². The summed E-state index contributed by atoms with van der Waals surface area (Å²) in [6.45, 7) is 0.0277. The van der Waals surface area contributed by atoms with Crippen molar-refractivity contribution in [3.8, 4) is 0 Å². The van der Waals surface area contributed by atoms with E-state index in [4.69, 9.17) is 0 Å². The van der Waals surface area contributed by atoms with Crippen molar-refractivity contribution in [2.75, 3.05) is 21.4 Å². The van der Waals surface area contributed by atoms with E-state index in [2.05, 4.69) is 0 Å². The van der Waals surface area contributed by atoms with Gasteiger partial charge in [-0.2, -0.15) is 13.2 Å². The number of thioether (sulfide) groups is 1. The highest BCUT2D eigenvalue weighted by molar-refractivity contribution is 7.99. The molecule has 8 heteroatoms. The van der Waals surface area contributed by atoms with Crippen LogP contribution in [0, 0.1) is 5.82 Å². The average molecular weight is 382 g/mol. The first-order valence-electron chi connectivity index (χ1n) is 7.96. The maximum atomic E-state index is 13.5. The predicted octanol–water partition coefficient (Wildman–Crippen LogP) is 4.27. The third-order valence-corrected chi connectivity index (χ3v) is 5.58. The van der Waals surface area contributed by atoms with Crippen LogP contribution in [0.15, 0.2) is 42.5 Å². The minimum atomic E-state index is -4.50. The quantitative estimate of drug-likeness (QED) is 0.725. The van der Waals surface area contributed by atoms with Crippen LogP contribution >= 0.6 is 11.8 Å². The molecule has 4 rings (SSSR count). The Morgan fingerprint density at radius 3 is 2.65 bits per heavy atom. The molecule has 26 heavy (non-hydrogen) atoms. The van der Waals surface area contributed by atoms with Gasteiger partial charge in [0.1, 0.15) is 11.9 Å². The Kier molecular flexibility index (Phi) is 4.10. The topological polar surface area (TPSA) is 23.6 Å². The lowest BCUT2D eigenvalue weighted by atomic mass is 10.0. The first-order valence-corrected chi connectivity index (χ1v) is 9.11. The molecule has 0 spiro atoms. The number of anilines is 2. The van der Waals surface area contributed by atoms with Gasteiger partial charge in [-0.25, -0.2) is 4.39 Å². The van der Waals surface area contributed by atoms with Gasteiger partial charge in [-0.3, -0.25) is 4.79 Å². The molecule has 3 nitrogen and oxygen atoms in total. The normalized spacial score (nSPS) is 19.5. The first kappa shape index (κ1) is 17.2. The van der Waals surface area contributed by atoms with Gasteiger partial charge in [0.05, 0.1) is 29.4 Å². The van der Waals surface area contributed by atoms with Crippen molar-refractivity contribution in [2.24, 2.45) is 0 Å². The summed E-state index contributed by atoms with van der Waals surface area (Å²) in [7, 11) is 0. The van der Waals surface area contributed by atoms with Crippen LogP contribution in [-0.2, 0) is 17.5 Å². The molecule has 0 unspecified atom stereocenters. The second-order valence-corrected chi connectivity index (χ2v) is 7.24. The van der Waals surface area contributed by atoms with Crippen LogP contribution in [0.25, 0.3) is 0 Å². The number of fused-ring (bicyclic) bond motifs is 3. The van der Waals surface area contributed by atoms with Crippen LogP contribution < -0.4 is 9.80 Å². The highest BCUT2D eigenvalue weighted by atomic mass is 32.2. The molecule has 0 aliphatic carbocycles. The Morgan fingerprint density at radius 2 is 1.92 bits per heavy atom. The highest BCUT2D eigenvalue weighted by Gasteiger charge is 2.42. The number of hydrogen-bond donors (Lipinski definition) is 0. The Bertz CT molecular complexity index is 871. The van der Waals surface area contributed by atoms with Gasteiger partial charge in [0.15, 0.2) is 0 Å². The van der Waals surface area contributed by atoms with E-state index in [1.165, 1.54) is 29.2 Å². The summed E-state index contributed by atoms with van der Waals surface area (Å²) in [6, 6.07) is 8.80. The average Bonchev–Trinajstić information content (AvgIpc) is 3.07. The molecule has 0 radical (unpaired) electrons. The largest absolute Gasteiger partial charge is 0.416 e. The van der Waals surface area contributed by atoms with Crippen molar-refractivity contribution >= 4 is 29.0 Å². The summed E-state index contributed by atoms with van der Waals surface area (Å²) in [5, 5.41) is 0. The molecule has 0 N–H and O–H groups in total. The number of halogens is 4. The molecule has 2 aromatic rings. The molecule has 2 aromatic carbocycles. The molecule has 0 bridgehead atoms. The smallest absolute Gasteiger partial charge is 0.348 e. The van der Waals surface area contributed by atoms with Crippen molar-refractivity contribution in [1.29, 1.82) is 0 Å². The fourth-order valence-electron chi connectivity index (χ4n) is 3.32. The molecule has 2 aliphatic heterocycles. The minimum absolute atomic E-state index is 0.0277. The van der Waals surface area contributed by atoms with Crippen LogP contribution in [-0.4, -0.2) is 23.6 Å². The van der Waals surface area contributed by atoms with Crippen LogP contribution in [0.3, 0.4) is 0 Å². The van der Waals surface area contributed by atoms with Crippen LogP contribution in [0.4, 0.5) is 28.9 Å². The molecule has 1 amide bonds. The fraction of sp³-hybridized carbons (Fsp3) is 0.278. The molecule has 0 aromatic heterocycles. The molecule has 1 saturated heterocycles. The summed E-state index contributed by atoms with van der Waals surface area (Å²) in [5.41, 5.74) is 0.538. The first-order chi connectivity index (χ1) is 12.3. The number of rotatable bonds is 2. The van der Waals surface area contributed by atoms with Gasteiger partial charge < -0.3 is 9.80 Å². The van der Waals surface area contributed by atoms with Gasteiger partial charge in [-0.1, -0.05) is 12.1 Å². The van der Waals surface area contributed by atoms with Gasteiger partial charge in [0, 0.05) is 5.75 Å². The third kappa shape index (κ3) is 2.92. The lowest BCUT2D eigenvalue weighted by Crippen LogP contribution is -2.51. The lowest BCUT2D eigenvalue weighted by Gasteiger charge is -2.39. The van der Waals surface area contributed by atoms with Crippen molar-refractivity contribution in [1.82, 2.24) is 0 Å². The number of alkyl halides is 3. The number of nitrogens with zero attached hydrogens (tertiary/aromatic N) is 2. The standard InChI is InChI=1S/C18H14F4N2OS/c19-13-3-1-2-11(6-13)8-23-15-7-12(18(20,21)22)4-5-14(15)24-10-26-9-16(24)17(23)25/h1-7,16H,8-10H2/t16-/m1/s1. The van der Waals surface area contributed by atoms with Crippen molar-refractivity contribution in [3.63, 3.8) is 0 Å². The Balaban J connectivity index is 1.80. The molecule has 2 heterocycles. The van der Waals surface area contributed by atoms with Gasteiger partial charge in [0.25, 0.3) is 5.91 Å². The number of hydrogen-bond acceptors (Lipinski definition) is 3. The van der Waals surface area contributed by atoms with Gasteiger partial charge >= 0.3 is 6.18 Å². The van der Waals surface area contributed by atoms with Gasteiger partial charge in [-0.05, 0) is 35.9 Å². The van der Waals surface area contributed by atoms with E-state index >= 15 is 0 Å². The SMILES string of the molecule is O=C1[C@H]2CSCN2c2ccc(C(F)(F)F)cc2N1Cc1cccc(F)c1. The number of amides is 1. The van der Waals surface area contributed by atoms with Gasteiger partial charge in [0.2, 0.25) is 0 Å². The fourth-order valence-corrected chi connectivity index (χ4v) is 4.49. The second-order valence-electron chi connectivity index (χ2n) is 6.24. The Morgan fingerprint density at radius 1 is 1.12 bits per heavy atom. The van der Waals surface area contributed by atoms with E-state index in [1.54, 1.807) is 17.8 Å². The maximum absolute atomic E-state index is 13.5. The molecule has 1 fully saturated rings. The zero-order valence-corrected chi connectivity index (χ0v) is 14.3. The summed E-state index contributed by atoms with van der Waals surface area (Å²) in [6.07, 6.45) is -4.50. The zero-order valence-electron chi connectivity index (χ0n) is 13.5. The molecular formula is C18H14F4N2OS. The molecule has 0 saturated carbocycles. The monoisotopic (exact) mass is 382 g/mol. The Hall–Kier alpha value is -2.22. The zero-order chi connectivity index (χ0) is 18.5. The second kappa shape index (κ2) is 6.19.